The largest absolute Gasteiger partial charge is 0.486 e. The molecule has 0 radical (unpaired) electrons. The van der Waals surface area contributed by atoms with Crippen LogP contribution in [0.3, 0.4) is 0 Å². The van der Waals surface area contributed by atoms with Gasteiger partial charge in [0.2, 0.25) is 0 Å². The minimum atomic E-state index is -0.456. The first-order valence-electron chi connectivity index (χ1n) is 15.8. The number of nitrogens with zero attached hydrogens (tertiary/aromatic N) is 2. The summed E-state index contributed by atoms with van der Waals surface area (Å²) in [5.41, 5.74) is 6.69. The van der Waals surface area contributed by atoms with Gasteiger partial charge >= 0.3 is 5.97 Å². The van der Waals surface area contributed by atoms with Crippen LogP contribution in [-0.4, -0.2) is 48.4 Å². The molecule has 0 spiro atoms. The summed E-state index contributed by atoms with van der Waals surface area (Å²) in [7, 11) is 3.21. The fourth-order valence-electron chi connectivity index (χ4n) is 6.40. The van der Waals surface area contributed by atoms with Gasteiger partial charge in [0.1, 0.15) is 29.7 Å². The van der Waals surface area contributed by atoms with Crippen molar-refractivity contribution in [3.05, 3.63) is 128 Å². The van der Waals surface area contributed by atoms with Crippen LogP contribution in [0.25, 0.3) is 0 Å². The van der Waals surface area contributed by atoms with Crippen LogP contribution in [0.1, 0.15) is 69.3 Å². The fourth-order valence-corrected chi connectivity index (χ4v) is 6.71. The molecule has 7 nitrogen and oxygen atoms in total. The van der Waals surface area contributed by atoms with E-state index in [2.05, 4.69) is 30.9 Å². The molecule has 3 atom stereocenters. The van der Waals surface area contributed by atoms with E-state index in [1.54, 1.807) is 18.0 Å². The van der Waals surface area contributed by atoms with Crippen LogP contribution in [0.2, 0.25) is 10.0 Å². The number of ether oxygens (including phenoxy) is 3. The molecule has 9 heteroatoms. The Kier molecular flexibility index (Phi) is 9.78. The van der Waals surface area contributed by atoms with E-state index in [4.69, 9.17) is 37.4 Å². The lowest BCUT2D eigenvalue weighted by Crippen LogP contribution is -2.45. The third kappa shape index (κ3) is 6.98. The number of benzene rings is 4. The molecule has 2 heterocycles. The highest BCUT2D eigenvalue weighted by Gasteiger charge is 2.36. The van der Waals surface area contributed by atoms with Gasteiger partial charge in [0, 0.05) is 20.1 Å². The predicted molar refractivity (Wildman–Crippen MR) is 183 cm³/mol. The Morgan fingerprint density at radius 3 is 2.47 bits per heavy atom. The number of rotatable bonds is 8. The molecule has 6 rings (SSSR count). The first-order chi connectivity index (χ1) is 22.6. The van der Waals surface area contributed by atoms with Gasteiger partial charge in [0.25, 0.3) is 5.91 Å². The topological polar surface area (TPSA) is 68.3 Å². The van der Waals surface area contributed by atoms with Crippen LogP contribution < -0.4 is 9.47 Å². The number of amides is 1. The Hall–Kier alpha value is -4.04. The smallest absolute Gasteiger partial charge is 0.323 e. The number of carbonyl (C=O) groups excluding carboxylic acids is 2. The summed E-state index contributed by atoms with van der Waals surface area (Å²) in [6.07, 6.45) is 0.631. The van der Waals surface area contributed by atoms with Crippen LogP contribution in [0.15, 0.2) is 78.9 Å². The summed E-state index contributed by atoms with van der Waals surface area (Å²) < 4.78 is 18.1. The van der Waals surface area contributed by atoms with E-state index < -0.39 is 6.04 Å². The second-order valence-electron chi connectivity index (χ2n) is 12.2. The van der Waals surface area contributed by atoms with Crippen molar-refractivity contribution in [1.82, 2.24) is 9.80 Å². The number of hydrogen-bond donors (Lipinski definition) is 0. The van der Waals surface area contributed by atoms with Crippen molar-refractivity contribution in [2.24, 2.45) is 0 Å². The molecular weight excluding hydrogens is 635 g/mol. The van der Waals surface area contributed by atoms with Gasteiger partial charge < -0.3 is 19.1 Å². The molecule has 0 bridgehead atoms. The van der Waals surface area contributed by atoms with Gasteiger partial charge in [-0.15, -0.1) is 0 Å². The highest BCUT2D eigenvalue weighted by Crippen LogP contribution is 2.37. The zero-order chi connectivity index (χ0) is 33.2. The van der Waals surface area contributed by atoms with Gasteiger partial charge in [-0.05, 0) is 89.5 Å². The zero-order valence-corrected chi connectivity index (χ0v) is 28.5. The van der Waals surface area contributed by atoms with Crippen molar-refractivity contribution in [1.29, 1.82) is 0 Å². The van der Waals surface area contributed by atoms with E-state index in [0.717, 1.165) is 34.2 Å². The first-order valence-corrected chi connectivity index (χ1v) is 16.6. The number of aryl methyl sites for hydroxylation is 1. The van der Waals surface area contributed by atoms with E-state index in [1.165, 1.54) is 12.7 Å². The average Bonchev–Trinajstić information content (AvgIpc) is 3.19. The maximum Gasteiger partial charge on any atom is 0.323 e. The Morgan fingerprint density at radius 1 is 1.00 bits per heavy atom. The maximum absolute atomic E-state index is 13.6. The van der Waals surface area contributed by atoms with Crippen LogP contribution in [-0.2, 0) is 29.0 Å². The summed E-state index contributed by atoms with van der Waals surface area (Å²) in [5.74, 6) is 0.859. The van der Waals surface area contributed by atoms with Crippen molar-refractivity contribution < 1.29 is 23.8 Å². The lowest BCUT2D eigenvalue weighted by molar-refractivity contribution is -0.148. The van der Waals surface area contributed by atoms with Crippen LogP contribution in [0.5, 0.6) is 11.5 Å². The third-order valence-electron chi connectivity index (χ3n) is 9.14. The van der Waals surface area contributed by atoms with Crippen molar-refractivity contribution in [2.75, 3.05) is 20.7 Å². The Labute approximate surface area is 285 Å². The SMILES string of the molecule is CC[C@@H](Oc1ccc([C@H]2CN(C)C(=O)c3cc4c(cc3O2)CN(Cc2ccccc2C)[C@H](C(=O)OC)C4)cc1)c1ccc(Cl)c(Cl)c1. The minimum Gasteiger partial charge on any atom is -0.486 e. The highest BCUT2D eigenvalue weighted by atomic mass is 35.5. The second-order valence-corrected chi connectivity index (χ2v) is 13.1. The fraction of sp³-hybridized carbons (Fsp3) is 0.316. The van der Waals surface area contributed by atoms with Crippen LogP contribution in [0.4, 0.5) is 0 Å². The molecule has 0 fully saturated rings. The number of likely N-dealkylation sites (N-methyl/N-ethyl adjacent to an activating group) is 1. The summed E-state index contributed by atoms with van der Waals surface area (Å²) in [6.45, 7) is 5.64. The molecule has 4 aromatic rings. The molecule has 0 N–H and O–H groups in total. The van der Waals surface area contributed by atoms with Gasteiger partial charge in [0.15, 0.2) is 0 Å². The van der Waals surface area contributed by atoms with E-state index in [0.29, 0.717) is 53.2 Å². The molecule has 2 aliphatic rings. The van der Waals surface area contributed by atoms with Crippen molar-refractivity contribution in [3.63, 3.8) is 0 Å². The average molecular weight is 674 g/mol. The lowest BCUT2D eigenvalue weighted by atomic mass is 9.91. The van der Waals surface area contributed by atoms with E-state index in [-0.39, 0.29) is 24.1 Å². The van der Waals surface area contributed by atoms with Crippen LogP contribution in [0, 0.1) is 6.92 Å². The minimum absolute atomic E-state index is 0.116. The molecule has 2 aliphatic heterocycles. The summed E-state index contributed by atoms with van der Waals surface area (Å²) in [6, 6.07) is 25.0. The normalized spacial score (nSPS) is 18.4. The number of hydrogen-bond acceptors (Lipinski definition) is 6. The Morgan fingerprint density at radius 2 is 1.77 bits per heavy atom. The number of esters is 1. The molecule has 0 saturated heterocycles. The number of methoxy groups -OCH3 is 1. The van der Waals surface area contributed by atoms with Crippen LogP contribution >= 0.6 is 23.2 Å². The van der Waals surface area contributed by atoms with Gasteiger partial charge in [0.05, 0.1) is 29.3 Å². The predicted octanol–water partition coefficient (Wildman–Crippen LogP) is 8.14. The summed E-state index contributed by atoms with van der Waals surface area (Å²) in [5, 5.41) is 1.00. The number of carbonyl (C=O) groups is 2. The molecule has 0 unspecified atom stereocenters. The van der Waals surface area contributed by atoms with E-state index in [1.807, 2.05) is 60.7 Å². The monoisotopic (exact) mass is 672 g/mol. The quantitative estimate of drug-likeness (QED) is 0.176. The molecule has 47 heavy (non-hydrogen) atoms. The van der Waals surface area contributed by atoms with Crippen molar-refractivity contribution in [3.8, 4) is 11.5 Å². The Bertz CT molecular complexity index is 1790. The van der Waals surface area contributed by atoms with Crippen molar-refractivity contribution >= 4 is 35.1 Å². The standard InChI is InChI=1S/C38H38Cl2N2O5/c1-5-34(25-12-15-31(39)32(40)17-25)46-29-13-10-24(11-14-29)36-22-41(3)37(43)30-16-27-18-33(38(44)45-4)42(21-28(27)19-35(30)47-36)20-26-9-7-6-8-23(26)2/h6-17,19,33-34,36H,5,18,20-22H2,1-4H3/t33-,34+,36+/m0/s1. The van der Waals surface area contributed by atoms with Crippen molar-refractivity contribution in [2.45, 2.75) is 58.0 Å². The lowest BCUT2D eigenvalue weighted by Gasteiger charge is -2.36. The third-order valence-corrected chi connectivity index (χ3v) is 9.88. The summed E-state index contributed by atoms with van der Waals surface area (Å²) >= 11 is 12.4. The van der Waals surface area contributed by atoms with Gasteiger partial charge in [-0.25, -0.2) is 0 Å². The van der Waals surface area contributed by atoms with Gasteiger partial charge in [-0.3, -0.25) is 14.5 Å². The summed E-state index contributed by atoms with van der Waals surface area (Å²) in [4.78, 5) is 30.4. The first kappa shape index (κ1) is 32.9. The number of halogens is 2. The molecular formula is C38H38Cl2N2O5. The highest BCUT2D eigenvalue weighted by molar-refractivity contribution is 6.42. The van der Waals surface area contributed by atoms with E-state index in [9.17, 15) is 9.59 Å². The molecule has 0 aliphatic carbocycles. The van der Waals surface area contributed by atoms with Gasteiger partial charge in [-0.2, -0.15) is 0 Å². The Balaban J connectivity index is 1.25. The molecule has 0 aromatic heterocycles. The molecule has 0 saturated carbocycles. The van der Waals surface area contributed by atoms with Gasteiger partial charge in [-0.1, -0.05) is 72.6 Å². The number of fused-ring (bicyclic) bond motifs is 2. The second kappa shape index (κ2) is 14.0. The van der Waals surface area contributed by atoms with E-state index >= 15 is 0 Å². The molecule has 1 amide bonds. The molecule has 4 aromatic carbocycles. The molecule has 244 valence electrons. The zero-order valence-electron chi connectivity index (χ0n) is 27.0. The maximum atomic E-state index is 13.6.